The summed E-state index contributed by atoms with van der Waals surface area (Å²) < 4.78 is 0. The molecule has 0 bridgehead atoms. The van der Waals surface area contributed by atoms with E-state index in [9.17, 15) is 14.4 Å². The van der Waals surface area contributed by atoms with Crippen molar-refractivity contribution in [3.63, 3.8) is 0 Å². The van der Waals surface area contributed by atoms with E-state index in [1.165, 1.54) is 17.7 Å². The molecule has 2 amide bonds. The average Bonchev–Trinajstić information content (AvgIpc) is 2.65. The topological polar surface area (TPSA) is 95.5 Å². The Hall–Kier alpha value is -3.15. The smallest absolute Gasteiger partial charge is 0.322 e. The summed E-state index contributed by atoms with van der Waals surface area (Å²) in [6.45, 7) is 3.85. The van der Waals surface area contributed by atoms with Gasteiger partial charge in [0.2, 0.25) is 5.91 Å². The van der Waals surface area contributed by atoms with Gasteiger partial charge in [-0.2, -0.15) is 0 Å². The second kappa shape index (κ2) is 9.52. The lowest BCUT2D eigenvalue weighted by Crippen LogP contribution is -2.29. The van der Waals surface area contributed by atoms with E-state index in [2.05, 4.69) is 36.6 Å². The van der Waals surface area contributed by atoms with Crippen molar-refractivity contribution in [2.75, 3.05) is 11.9 Å². The molecule has 142 valence electrons. The van der Waals surface area contributed by atoms with Crippen molar-refractivity contribution in [2.24, 2.45) is 0 Å². The van der Waals surface area contributed by atoms with E-state index in [-0.39, 0.29) is 5.91 Å². The van der Waals surface area contributed by atoms with Crippen LogP contribution in [0.25, 0.3) is 0 Å². The first-order valence-corrected chi connectivity index (χ1v) is 8.84. The van der Waals surface area contributed by atoms with Crippen LogP contribution in [0.5, 0.6) is 0 Å². The van der Waals surface area contributed by atoms with Crippen LogP contribution in [0.1, 0.15) is 47.7 Å². The molecule has 0 aliphatic rings. The van der Waals surface area contributed by atoms with Crippen LogP contribution in [0.2, 0.25) is 0 Å². The number of benzene rings is 2. The number of aryl methyl sites for hydroxylation is 1. The zero-order valence-electron chi connectivity index (χ0n) is 15.5. The lowest BCUT2D eigenvalue weighted by Gasteiger charge is -2.08. The fourth-order valence-electron chi connectivity index (χ4n) is 2.51. The van der Waals surface area contributed by atoms with Crippen molar-refractivity contribution >= 4 is 23.5 Å². The molecule has 0 saturated carbocycles. The van der Waals surface area contributed by atoms with Crippen LogP contribution >= 0.6 is 0 Å². The molecular formula is C21H24N2O4. The van der Waals surface area contributed by atoms with Crippen LogP contribution in [-0.4, -0.2) is 29.4 Å². The first kappa shape index (κ1) is 20.2. The predicted molar refractivity (Wildman–Crippen MR) is 104 cm³/mol. The first-order chi connectivity index (χ1) is 12.8. The molecule has 2 aromatic carbocycles. The van der Waals surface area contributed by atoms with Gasteiger partial charge in [-0.3, -0.25) is 14.4 Å². The molecular weight excluding hydrogens is 344 g/mol. The summed E-state index contributed by atoms with van der Waals surface area (Å²) in [6, 6.07) is 14.6. The van der Waals surface area contributed by atoms with E-state index in [0.717, 1.165) is 5.56 Å². The molecule has 6 heteroatoms. The van der Waals surface area contributed by atoms with Gasteiger partial charge in [-0.05, 0) is 47.7 Å². The summed E-state index contributed by atoms with van der Waals surface area (Å²) in [5.74, 6) is -1.20. The molecule has 0 fully saturated rings. The highest BCUT2D eigenvalue weighted by Gasteiger charge is 2.08. The van der Waals surface area contributed by atoms with E-state index in [4.69, 9.17) is 5.11 Å². The summed E-state index contributed by atoms with van der Waals surface area (Å²) in [5, 5.41) is 13.6. The fraction of sp³-hybridized carbons (Fsp3) is 0.286. The van der Waals surface area contributed by atoms with Crippen LogP contribution in [0.4, 0.5) is 5.69 Å². The molecule has 2 aromatic rings. The fourth-order valence-corrected chi connectivity index (χ4v) is 2.51. The molecule has 0 saturated heterocycles. The summed E-state index contributed by atoms with van der Waals surface area (Å²) in [7, 11) is 0. The molecule has 0 aliphatic carbocycles. The molecule has 3 N–H and O–H groups in total. The van der Waals surface area contributed by atoms with Gasteiger partial charge in [0, 0.05) is 17.7 Å². The number of aliphatic carboxylic acids is 1. The summed E-state index contributed by atoms with van der Waals surface area (Å²) in [6.07, 6.45) is 1.02. The maximum Gasteiger partial charge on any atom is 0.322 e. The summed E-state index contributed by atoms with van der Waals surface area (Å²) in [4.78, 5) is 34.3. The Bertz CT molecular complexity index is 796. The molecule has 0 unspecified atom stereocenters. The number of carboxylic acids is 1. The van der Waals surface area contributed by atoms with E-state index in [1.807, 2.05) is 12.1 Å². The number of rotatable bonds is 8. The standard InChI is InChI=1S/C21H24N2O4/c1-14(2)16-6-3-15(4-7-16)5-12-19(24)23-18-10-8-17(9-11-18)21(27)22-13-20(25)26/h3-4,6-11,14H,5,12-13H2,1-2H3,(H,22,27)(H,23,24)(H,25,26). The molecule has 0 spiro atoms. The monoisotopic (exact) mass is 368 g/mol. The average molecular weight is 368 g/mol. The minimum absolute atomic E-state index is 0.106. The third-order valence-corrected chi connectivity index (χ3v) is 4.12. The van der Waals surface area contributed by atoms with Crippen LogP contribution in [-0.2, 0) is 16.0 Å². The molecule has 2 rings (SSSR count). The van der Waals surface area contributed by atoms with Gasteiger partial charge in [-0.25, -0.2) is 0 Å². The second-order valence-electron chi connectivity index (χ2n) is 6.60. The first-order valence-electron chi connectivity index (χ1n) is 8.84. The van der Waals surface area contributed by atoms with Gasteiger partial charge in [0.05, 0.1) is 0 Å². The molecule has 0 atom stereocenters. The van der Waals surface area contributed by atoms with Crippen molar-refractivity contribution in [2.45, 2.75) is 32.6 Å². The molecule has 0 heterocycles. The van der Waals surface area contributed by atoms with Gasteiger partial charge in [-0.1, -0.05) is 38.1 Å². The minimum Gasteiger partial charge on any atom is -0.480 e. The lowest BCUT2D eigenvalue weighted by molar-refractivity contribution is -0.135. The lowest BCUT2D eigenvalue weighted by atomic mass is 10.0. The van der Waals surface area contributed by atoms with Gasteiger partial charge in [0.25, 0.3) is 5.91 Å². The van der Waals surface area contributed by atoms with E-state index in [0.29, 0.717) is 30.0 Å². The van der Waals surface area contributed by atoms with Gasteiger partial charge in [-0.15, -0.1) is 0 Å². The Morgan fingerprint density at radius 1 is 0.963 bits per heavy atom. The minimum atomic E-state index is -1.11. The maximum absolute atomic E-state index is 12.1. The van der Waals surface area contributed by atoms with Crippen LogP contribution < -0.4 is 10.6 Å². The number of carbonyl (C=O) groups is 3. The Morgan fingerprint density at radius 2 is 1.59 bits per heavy atom. The van der Waals surface area contributed by atoms with Gasteiger partial charge in [0.1, 0.15) is 6.54 Å². The molecule has 0 aromatic heterocycles. The molecule has 0 aliphatic heterocycles. The van der Waals surface area contributed by atoms with Crippen molar-refractivity contribution < 1.29 is 19.5 Å². The Kier molecular flexibility index (Phi) is 7.11. The number of hydrogen-bond donors (Lipinski definition) is 3. The van der Waals surface area contributed by atoms with Crippen molar-refractivity contribution in [1.82, 2.24) is 5.32 Å². The normalized spacial score (nSPS) is 10.5. The van der Waals surface area contributed by atoms with Crippen LogP contribution in [0, 0.1) is 0 Å². The highest BCUT2D eigenvalue weighted by Crippen LogP contribution is 2.16. The number of hydrogen-bond acceptors (Lipinski definition) is 3. The quantitative estimate of drug-likeness (QED) is 0.667. The third-order valence-electron chi connectivity index (χ3n) is 4.12. The van der Waals surface area contributed by atoms with Crippen molar-refractivity contribution in [3.05, 3.63) is 65.2 Å². The molecule has 0 radical (unpaired) electrons. The summed E-state index contributed by atoms with van der Waals surface area (Å²) >= 11 is 0. The largest absolute Gasteiger partial charge is 0.480 e. The number of nitrogens with one attached hydrogen (secondary N) is 2. The van der Waals surface area contributed by atoms with Gasteiger partial charge in [0.15, 0.2) is 0 Å². The number of amides is 2. The highest BCUT2D eigenvalue weighted by molar-refractivity contribution is 5.97. The number of carboxylic acid groups (broad SMARTS) is 1. The van der Waals surface area contributed by atoms with Gasteiger partial charge >= 0.3 is 5.97 Å². The van der Waals surface area contributed by atoms with Crippen molar-refractivity contribution in [1.29, 1.82) is 0 Å². The molecule has 27 heavy (non-hydrogen) atoms. The van der Waals surface area contributed by atoms with Gasteiger partial charge < -0.3 is 15.7 Å². The number of carbonyl (C=O) groups excluding carboxylic acids is 2. The van der Waals surface area contributed by atoms with Crippen LogP contribution in [0.15, 0.2) is 48.5 Å². The maximum atomic E-state index is 12.1. The SMILES string of the molecule is CC(C)c1ccc(CCC(=O)Nc2ccc(C(=O)NCC(=O)O)cc2)cc1. The Morgan fingerprint density at radius 3 is 2.15 bits per heavy atom. The van der Waals surface area contributed by atoms with E-state index < -0.39 is 18.4 Å². The van der Waals surface area contributed by atoms with E-state index in [1.54, 1.807) is 12.1 Å². The van der Waals surface area contributed by atoms with E-state index >= 15 is 0 Å². The zero-order valence-corrected chi connectivity index (χ0v) is 15.5. The van der Waals surface area contributed by atoms with Crippen LogP contribution in [0.3, 0.4) is 0 Å². The zero-order chi connectivity index (χ0) is 19.8. The highest BCUT2D eigenvalue weighted by atomic mass is 16.4. The van der Waals surface area contributed by atoms with Crippen molar-refractivity contribution in [3.8, 4) is 0 Å². The predicted octanol–water partition coefficient (Wildman–Crippen LogP) is 3.20. The third kappa shape index (κ3) is 6.58. The Balaban J connectivity index is 1.83. The number of anilines is 1. The molecule has 6 nitrogen and oxygen atoms in total. The summed E-state index contributed by atoms with van der Waals surface area (Å²) in [5.41, 5.74) is 3.31. The Labute approximate surface area is 158 Å². The second-order valence-corrected chi connectivity index (χ2v) is 6.60.